The van der Waals surface area contributed by atoms with Gasteiger partial charge in [-0.05, 0) is 38.0 Å². The van der Waals surface area contributed by atoms with Gasteiger partial charge in [0.05, 0.1) is 0 Å². The number of hydrogen-bond donors (Lipinski definition) is 1. The molecule has 3 rings (SSSR count). The van der Waals surface area contributed by atoms with Gasteiger partial charge in [0, 0.05) is 18.2 Å². The molecule has 2 aromatic rings. The summed E-state index contributed by atoms with van der Waals surface area (Å²) in [7, 11) is 0. The summed E-state index contributed by atoms with van der Waals surface area (Å²) in [4.78, 5) is 0. The number of nitrogens with zero attached hydrogens (tertiary/aromatic N) is 2. The fourth-order valence-corrected chi connectivity index (χ4v) is 1.90. The van der Waals surface area contributed by atoms with Gasteiger partial charge in [-0.25, -0.2) is 9.02 Å². The molecule has 0 bridgehead atoms. The Labute approximate surface area is 116 Å². The molecule has 1 aliphatic rings. The van der Waals surface area contributed by atoms with Crippen molar-refractivity contribution in [2.75, 3.05) is 0 Å². The molecule has 0 aliphatic heterocycles. The van der Waals surface area contributed by atoms with Crippen molar-refractivity contribution in [2.24, 2.45) is 0 Å². The minimum atomic E-state index is -0.260. The van der Waals surface area contributed by atoms with Gasteiger partial charge in [-0.15, -0.1) is 0 Å². The Kier molecular flexibility index (Phi) is 3.64. The first-order chi connectivity index (χ1) is 9.72. The molecule has 0 radical (unpaired) electrons. The highest BCUT2D eigenvalue weighted by atomic mass is 19.1. The molecule has 20 heavy (non-hydrogen) atoms. The van der Waals surface area contributed by atoms with E-state index in [1.54, 1.807) is 13.0 Å². The maximum atomic E-state index is 13.3. The minimum Gasteiger partial charge on any atom is -0.487 e. The SMILES string of the molecule is Cc1nonc1COc1ccc(F)cc1CNC1CC1. The average Bonchev–Trinajstić information content (AvgIpc) is 3.18. The fraction of sp³-hybridized carbons (Fsp3) is 0.429. The van der Waals surface area contributed by atoms with Gasteiger partial charge in [0.15, 0.2) is 0 Å². The van der Waals surface area contributed by atoms with Crippen LogP contribution in [0.15, 0.2) is 22.8 Å². The highest BCUT2D eigenvalue weighted by Gasteiger charge is 2.21. The third-order valence-corrected chi connectivity index (χ3v) is 3.29. The molecule has 1 aromatic carbocycles. The maximum absolute atomic E-state index is 13.3. The van der Waals surface area contributed by atoms with Crippen LogP contribution in [0.5, 0.6) is 5.75 Å². The normalized spacial score (nSPS) is 14.5. The molecule has 1 fully saturated rings. The summed E-state index contributed by atoms with van der Waals surface area (Å²) in [5.74, 6) is 0.395. The Morgan fingerprint density at radius 2 is 2.25 bits per heavy atom. The summed E-state index contributed by atoms with van der Waals surface area (Å²) in [6.07, 6.45) is 2.38. The molecule has 1 aromatic heterocycles. The number of aromatic nitrogens is 2. The first-order valence-corrected chi connectivity index (χ1v) is 6.65. The van der Waals surface area contributed by atoms with E-state index < -0.39 is 0 Å². The van der Waals surface area contributed by atoms with E-state index in [0.29, 0.717) is 29.7 Å². The lowest BCUT2D eigenvalue weighted by molar-refractivity contribution is 0.268. The van der Waals surface area contributed by atoms with Gasteiger partial charge in [0.1, 0.15) is 29.6 Å². The van der Waals surface area contributed by atoms with Crippen molar-refractivity contribution in [3.8, 4) is 5.75 Å². The quantitative estimate of drug-likeness (QED) is 0.878. The molecule has 0 unspecified atom stereocenters. The van der Waals surface area contributed by atoms with Crippen LogP contribution in [0.2, 0.25) is 0 Å². The third kappa shape index (κ3) is 3.14. The Bertz CT molecular complexity index is 596. The van der Waals surface area contributed by atoms with Crippen LogP contribution in [-0.4, -0.2) is 16.4 Å². The van der Waals surface area contributed by atoms with Gasteiger partial charge in [0.25, 0.3) is 0 Å². The summed E-state index contributed by atoms with van der Waals surface area (Å²) in [5.41, 5.74) is 2.16. The molecular formula is C14H16FN3O2. The number of halogens is 1. The first-order valence-electron chi connectivity index (χ1n) is 6.65. The van der Waals surface area contributed by atoms with Crippen molar-refractivity contribution in [1.82, 2.24) is 15.6 Å². The zero-order chi connectivity index (χ0) is 13.9. The van der Waals surface area contributed by atoms with Crippen LogP contribution >= 0.6 is 0 Å². The molecule has 1 heterocycles. The number of aryl methyl sites for hydroxylation is 1. The fourth-order valence-electron chi connectivity index (χ4n) is 1.90. The third-order valence-electron chi connectivity index (χ3n) is 3.29. The van der Waals surface area contributed by atoms with Crippen molar-refractivity contribution in [2.45, 2.75) is 39.0 Å². The van der Waals surface area contributed by atoms with Crippen LogP contribution in [0.4, 0.5) is 4.39 Å². The van der Waals surface area contributed by atoms with Gasteiger partial charge in [-0.1, -0.05) is 10.3 Å². The predicted molar refractivity (Wildman–Crippen MR) is 69.6 cm³/mol. The summed E-state index contributed by atoms with van der Waals surface area (Å²) >= 11 is 0. The van der Waals surface area contributed by atoms with Crippen molar-refractivity contribution in [3.05, 3.63) is 41.0 Å². The summed E-state index contributed by atoms with van der Waals surface area (Å²) in [6, 6.07) is 5.10. The van der Waals surface area contributed by atoms with E-state index in [2.05, 4.69) is 20.3 Å². The Hall–Kier alpha value is -1.95. The molecule has 1 aliphatic carbocycles. The van der Waals surface area contributed by atoms with Crippen LogP contribution in [0.25, 0.3) is 0 Å². The average molecular weight is 277 g/mol. The molecule has 0 amide bonds. The van der Waals surface area contributed by atoms with Crippen molar-refractivity contribution in [3.63, 3.8) is 0 Å². The smallest absolute Gasteiger partial charge is 0.145 e. The molecular weight excluding hydrogens is 261 g/mol. The molecule has 6 heteroatoms. The number of nitrogens with one attached hydrogen (secondary N) is 1. The van der Waals surface area contributed by atoms with E-state index in [1.165, 1.54) is 25.0 Å². The van der Waals surface area contributed by atoms with Gasteiger partial charge < -0.3 is 10.1 Å². The number of hydrogen-bond acceptors (Lipinski definition) is 5. The summed E-state index contributed by atoms with van der Waals surface area (Å²) < 4.78 is 23.7. The first kappa shape index (κ1) is 13.1. The highest BCUT2D eigenvalue weighted by Crippen LogP contribution is 2.24. The molecule has 5 nitrogen and oxygen atoms in total. The zero-order valence-electron chi connectivity index (χ0n) is 11.2. The highest BCUT2D eigenvalue weighted by molar-refractivity contribution is 5.34. The molecule has 106 valence electrons. The van der Waals surface area contributed by atoms with E-state index in [4.69, 9.17) is 4.74 Å². The molecule has 0 spiro atoms. The zero-order valence-corrected chi connectivity index (χ0v) is 11.2. The van der Waals surface area contributed by atoms with Crippen LogP contribution in [0.3, 0.4) is 0 Å². The number of rotatable bonds is 6. The monoisotopic (exact) mass is 277 g/mol. The Balaban J connectivity index is 1.68. The standard InChI is InChI=1S/C14H16FN3O2/c1-9-13(18-20-17-9)8-19-14-5-2-11(15)6-10(14)7-16-12-3-4-12/h2,5-6,12,16H,3-4,7-8H2,1H3. The van der Waals surface area contributed by atoms with E-state index in [9.17, 15) is 4.39 Å². The van der Waals surface area contributed by atoms with Gasteiger partial charge >= 0.3 is 0 Å². The van der Waals surface area contributed by atoms with Crippen molar-refractivity contribution in [1.29, 1.82) is 0 Å². The second kappa shape index (κ2) is 5.58. The molecule has 1 saturated carbocycles. The van der Waals surface area contributed by atoms with Crippen molar-refractivity contribution < 1.29 is 13.8 Å². The van der Waals surface area contributed by atoms with E-state index >= 15 is 0 Å². The second-order valence-electron chi connectivity index (χ2n) is 4.99. The summed E-state index contributed by atoms with van der Waals surface area (Å²) in [6.45, 7) is 2.67. The number of ether oxygens (including phenoxy) is 1. The van der Waals surface area contributed by atoms with E-state index in [0.717, 1.165) is 5.56 Å². The Morgan fingerprint density at radius 3 is 2.95 bits per heavy atom. The Morgan fingerprint density at radius 1 is 1.40 bits per heavy atom. The van der Waals surface area contributed by atoms with Crippen LogP contribution in [0.1, 0.15) is 29.8 Å². The van der Waals surface area contributed by atoms with Crippen LogP contribution in [-0.2, 0) is 13.2 Å². The summed E-state index contributed by atoms with van der Waals surface area (Å²) in [5, 5.41) is 10.8. The van der Waals surface area contributed by atoms with Gasteiger partial charge in [-0.3, -0.25) is 0 Å². The number of benzene rings is 1. The van der Waals surface area contributed by atoms with Gasteiger partial charge in [0.2, 0.25) is 0 Å². The maximum Gasteiger partial charge on any atom is 0.145 e. The van der Waals surface area contributed by atoms with Crippen LogP contribution in [0, 0.1) is 12.7 Å². The van der Waals surface area contributed by atoms with E-state index in [-0.39, 0.29) is 12.4 Å². The predicted octanol–water partition coefficient (Wildman–Crippen LogP) is 2.35. The lowest BCUT2D eigenvalue weighted by Crippen LogP contribution is -2.16. The van der Waals surface area contributed by atoms with E-state index in [1.807, 2.05) is 0 Å². The molecule has 0 saturated heterocycles. The van der Waals surface area contributed by atoms with Crippen molar-refractivity contribution >= 4 is 0 Å². The lowest BCUT2D eigenvalue weighted by atomic mass is 10.2. The topological polar surface area (TPSA) is 60.2 Å². The molecule has 1 N–H and O–H groups in total. The lowest BCUT2D eigenvalue weighted by Gasteiger charge is -2.11. The van der Waals surface area contributed by atoms with Crippen LogP contribution < -0.4 is 10.1 Å². The largest absolute Gasteiger partial charge is 0.487 e. The molecule has 0 atom stereocenters. The second-order valence-corrected chi connectivity index (χ2v) is 4.99. The minimum absolute atomic E-state index is 0.260. The van der Waals surface area contributed by atoms with Gasteiger partial charge in [-0.2, -0.15) is 0 Å².